The number of nitrogens with zero attached hydrogens (tertiary/aromatic N) is 3. The number of thiophene rings is 1. The number of nitrogens with one attached hydrogen (secondary N) is 1. The van der Waals surface area contributed by atoms with Crippen molar-refractivity contribution in [2.24, 2.45) is 0 Å². The smallest absolute Gasteiger partial charge is 0.343 e. The first-order valence-electron chi connectivity index (χ1n) is 9.60. The summed E-state index contributed by atoms with van der Waals surface area (Å²) in [6, 6.07) is 9.44. The highest BCUT2D eigenvalue weighted by molar-refractivity contribution is 7.11. The van der Waals surface area contributed by atoms with E-state index >= 15 is 0 Å². The van der Waals surface area contributed by atoms with Crippen LogP contribution in [0.2, 0.25) is 0 Å². The van der Waals surface area contributed by atoms with E-state index in [0.717, 1.165) is 5.76 Å². The number of carbonyl (C=O) groups is 1. The van der Waals surface area contributed by atoms with Crippen LogP contribution in [0.3, 0.4) is 0 Å². The fraction of sp³-hybridized carbons (Fsp3) is 0.286. The van der Waals surface area contributed by atoms with E-state index < -0.39 is 5.97 Å². The molecule has 0 saturated carbocycles. The third-order valence-electron chi connectivity index (χ3n) is 4.57. The third-order valence-corrected chi connectivity index (χ3v) is 5.55. The second-order valence-electron chi connectivity index (χ2n) is 6.89. The summed E-state index contributed by atoms with van der Waals surface area (Å²) in [4.78, 5) is 33.9. The summed E-state index contributed by atoms with van der Waals surface area (Å²) in [6.45, 7) is 5.75. The predicted octanol–water partition coefficient (Wildman–Crippen LogP) is 3.36. The molecule has 9 heteroatoms. The van der Waals surface area contributed by atoms with Gasteiger partial charge in [-0.3, -0.25) is 14.8 Å². The third kappa shape index (κ3) is 4.37. The minimum atomic E-state index is -0.512. The fourth-order valence-corrected chi connectivity index (χ4v) is 4.21. The Morgan fingerprint density at radius 1 is 1.30 bits per heavy atom. The minimum Gasteiger partial charge on any atom is -0.468 e. The van der Waals surface area contributed by atoms with Gasteiger partial charge in [-0.25, -0.2) is 14.3 Å². The average molecular weight is 426 g/mol. The Hall–Kier alpha value is -3.17. The van der Waals surface area contributed by atoms with Gasteiger partial charge in [-0.1, -0.05) is 0 Å². The number of rotatable bonds is 8. The molecule has 4 rings (SSSR count). The zero-order chi connectivity index (χ0) is 21.1. The van der Waals surface area contributed by atoms with E-state index in [0.29, 0.717) is 25.3 Å². The van der Waals surface area contributed by atoms with Gasteiger partial charge in [-0.2, -0.15) is 0 Å². The van der Waals surface area contributed by atoms with Gasteiger partial charge in [-0.05, 0) is 38.1 Å². The molecule has 0 radical (unpaired) electrons. The highest BCUT2D eigenvalue weighted by Crippen LogP contribution is 2.20. The van der Waals surface area contributed by atoms with Crippen molar-refractivity contribution >= 4 is 23.0 Å². The van der Waals surface area contributed by atoms with Crippen LogP contribution in [0.4, 0.5) is 0 Å². The molecule has 0 aliphatic rings. The number of hydrogen-bond acceptors (Lipinski definition) is 7. The lowest BCUT2D eigenvalue weighted by atomic mass is 10.3. The number of esters is 1. The normalized spacial score (nSPS) is 11.4. The molecule has 8 nitrogen and oxygen atoms in total. The zero-order valence-electron chi connectivity index (χ0n) is 16.8. The first-order valence-corrected chi connectivity index (χ1v) is 10.4. The first kappa shape index (κ1) is 20.1. The Bertz CT molecular complexity index is 1210. The van der Waals surface area contributed by atoms with Crippen LogP contribution >= 0.6 is 11.3 Å². The van der Waals surface area contributed by atoms with Crippen LogP contribution in [0, 0.1) is 6.92 Å². The highest BCUT2D eigenvalue weighted by atomic mass is 32.1. The molecule has 30 heavy (non-hydrogen) atoms. The Balaban J connectivity index is 1.64. The maximum absolute atomic E-state index is 12.6. The van der Waals surface area contributed by atoms with E-state index in [1.807, 2.05) is 12.1 Å². The molecule has 0 saturated heterocycles. The summed E-state index contributed by atoms with van der Waals surface area (Å²) in [5.41, 5.74) is 0.795. The van der Waals surface area contributed by atoms with Gasteiger partial charge < -0.3 is 9.15 Å². The van der Waals surface area contributed by atoms with Crippen LogP contribution in [-0.4, -0.2) is 32.1 Å². The number of aromatic nitrogens is 3. The molecule has 0 bridgehead atoms. The van der Waals surface area contributed by atoms with Crippen molar-refractivity contribution < 1.29 is 13.9 Å². The van der Waals surface area contributed by atoms with Gasteiger partial charge in [0.1, 0.15) is 11.3 Å². The largest absolute Gasteiger partial charge is 0.468 e. The lowest BCUT2D eigenvalue weighted by molar-refractivity contribution is 0.0528. The topological polar surface area (TPSA) is 92.8 Å². The maximum atomic E-state index is 12.6. The van der Waals surface area contributed by atoms with Crippen LogP contribution in [0.15, 0.2) is 52.0 Å². The summed E-state index contributed by atoms with van der Waals surface area (Å²) in [5.74, 6) is 0.316. The van der Waals surface area contributed by atoms with Crippen LogP contribution in [-0.2, 0) is 24.4 Å². The van der Waals surface area contributed by atoms with Crippen LogP contribution in [0.25, 0.3) is 5.65 Å². The van der Waals surface area contributed by atoms with Gasteiger partial charge in [0.25, 0.3) is 5.56 Å². The fourth-order valence-electron chi connectivity index (χ4n) is 3.28. The second kappa shape index (κ2) is 8.68. The van der Waals surface area contributed by atoms with Crippen LogP contribution < -0.4 is 5.56 Å². The summed E-state index contributed by atoms with van der Waals surface area (Å²) in [5, 5.41) is 2.77. The monoisotopic (exact) mass is 426 g/mol. The summed E-state index contributed by atoms with van der Waals surface area (Å²) >= 11 is 1.73. The van der Waals surface area contributed by atoms with E-state index in [4.69, 9.17) is 9.15 Å². The summed E-state index contributed by atoms with van der Waals surface area (Å²) < 4.78 is 11.8. The van der Waals surface area contributed by atoms with E-state index in [9.17, 15) is 9.59 Å². The quantitative estimate of drug-likeness (QED) is 0.434. The molecule has 0 aliphatic carbocycles. The lowest BCUT2D eigenvalue weighted by Crippen LogP contribution is -2.25. The summed E-state index contributed by atoms with van der Waals surface area (Å²) in [7, 11) is 0. The van der Waals surface area contributed by atoms with Gasteiger partial charge in [0.05, 0.1) is 25.1 Å². The Morgan fingerprint density at radius 3 is 2.87 bits per heavy atom. The molecule has 0 aliphatic heterocycles. The van der Waals surface area contributed by atoms with E-state index in [1.165, 1.54) is 26.5 Å². The highest BCUT2D eigenvalue weighted by Gasteiger charge is 2.18. The van der Waals surface area contributed by atoms with Gasteiger partial charge in [0, 0.05) is 35.1 Å². The Labute approximate surface area is 176 Å². The lowest BCUT2D eigenvalue weighted by Gasteiger charge is -2.20. The minimum absolute atomic E-state index is 0.238. The van der Waals surface area contributed by atoms with E-state index in [1.54, 1.807) is 24.5 Å². The van der Waals surface area contributed by atoms with Crippen molar-refractivity contribution in [1.82, 2.24) is 19.5 Å². The molecule has 0 fully saturated rings. The number of fused-ring (bicyclic) bond motifs is 1. The van der Waals surface area contributed by atoms with Crippen molar-refractivity contribution in [1.29, 1.82) is 0 Å². The zero-order valence-corrected chi connectivity index (χ0v) is 17.6. The number of aryl methyl sites for hydroxylation is 1. The molecule has 1 N–H and O–H groups in total. The SMILES string of the molecule is CCOC(=O)c1c[nH]n2c(=O)cc(CN(Cc3ccco3)Cc3ccc(C)s3)nc12. The van der Waals surface area contributed by atoms with Gasteiger partial charge in [-0.15, -0.1) is 11.3 Å². The van der Waals surface area contributed by atoms with Crippen molar-refractivity contribution in [3.05, 3.63) is 79.9 Å². The van der Waals surface area contributed by atoms with Crippen LogP contribution in [0.5, 0.6) is 0 Å². The molecular formula is C21H22N4O4S. The molecule has 0 aromatic carbocycles. The molecular weight excluding hydrogens is 404 g/mol. The van der Waals surface area contributed by atoms with Gasteiger partial charge in [0.15, 0.2) is 5.65 Å². The number of hydrogen-bond donors (Lipinski definition) is 1. The van der Waals surface area contributed by atoms with E-state index in [-0.39, 0.29) is 23.4 Å². The Kier molecular flexibility index (Phi) is 5.82. The predicted molar refractivity (Wildman–Crippen MR) is 112 cm³/mol. The van der Waals surface area contributed by atoms with Crippen molar-refractivity contribution in [3.63, 3.8) is 0 Å². The van der Waals surface area contributed by atoms with Crippen molar-refractivity contribution in [2.45, 2.75) is 33.5 Å². The molecule has 0 spiro atoms. The molecule has 156 valence electrons. The van der Waals surface area contributed by atoms with E-state index in [2.05, 4.69) is 34.0 Å². The molecule has 0 atom stereocenters. The number of furan rings is 1. The molecule has 4 aromatic rings. The summed E-state index contributed by atoms with van der Waals surface area (Å²) in [6.07, 6.45) is 3.09. The Morgan fingerprint density at radius 2 is 2.17 bits per heavy atom. The molecule has 4 aromatic heterocycles. The maximum Gasteiger partial charge on any atom is 0.343 e. The molecule has 0 amide bonds. The number of aromatic amines is 1. The van der Waals surface area contributed by atoms with Gasteiger partial charge in [0.2, 0.25) is 0 Å². The number of ether oxygens (including phenoxy) is 1. The first-order chi connectivity index (χ1) is 14.5. The van der Waals surface area contributed by atoms with Crippen molar-refractivity contribution in [3.8, 4) is 0 Å². The average Bonchev–Trinajstić information content (AvgIpc) is 3.43. The number of carbonyl (C=O) groups excluding carboxylic acids is 1. The standard InChI is InChI=1S/C21H22N4O4S/c1-3-28-21(27)18-10-22-25-19(26)9-15(23-20(18)25)11-24(12-16-5-4-8-29-16)13-17-7-6-14(2)30-17/h4-10,22H,3,11-13H2,1-2H3. The van der Waals surface area contributed by atoms with Gasteiger partial charge >= 0.3 is 5.97 Å². The second-order valence-corrected chi connectivity index (χ2v) is 8.26. The molecule has 0 unspecified atom stereocenters. The number of H-pyrrole nitrogens is 1. The molecule has 4 heterocycles. The van der Waals surface area contributed by atoms with Crippen LogP contribution in [0.1, 0.15) is 38.5 Å². The van der Waals surface area contributed by atoms with Crippen molar-refractivity contribution in [2.75, 3.05) is 6.61 Å².